The molecule has 0 bridgehead atoms. The van der Waals surface area contributed by atoms with Crippen LogP contribution in [-0.4, -0.2) is 0 Å². The van der Waals surface area contributed by atoms with Gasteiger partial charge in [0.2, 0.25) is 0 Å². The summed E-state index contributed by atoms with van der Waals surface area (Å²) < 4.78 is 5.69. The van der Waals surface area contributed by atoms with Crippen molar-refractivity contribution in [2.75, 3.05) is 5.73 Å². The van der Waals surface area contributed by atoms with E-state index in [0.29, 0.717) is 10.9 Å². The molecule has 0 radical (unpaired) electrons. The van der Waals surface area contributed by atoms with Crippen molar-refractivity contribution in [2.45, 2.75) is 6.92 Å². The van der Waals surface area contributed by atoms with Crippen molar-refractivity contribution >= 4 is 45.3 Å². The number of fused-ring (bicyclic) bond motifs is 3. The lowest BCUT2D eigenvalue weighted by Gasteiger charge is -1.97. The van der Waals surface area contributed by atoms with E-state index in [9.17, 15) is 0 Å². The van der Waals surface area contributed by atoms with Gasteiger partial charge in [0.1, 0.15) is 5.58 Å². The summed E-state index contributed by atoms with van der Waals surface area (Å²) in [4.78, 5) is 0. The Morgan fingerprint density at radius 2 is 1.94 bits per heavy atom. The van der Waals surface area contributed by atoms with Crippen LogP contribution in [0.25, 0.3) is 27.8 Å². The highest BCUT2D eigenvalue weighted by Crippen LogP contribution is 2.34. The van der Waals surface area contributed by atoms with Crippen molar-refractivity contribution in [3.8, 4) is 0 Å². The van der Waals surface area contributed by atoms with E-state index in [1.807, 2.05) is 37.3 Å². The van der Waals surface area contributed by atoms with Gasteiger partial charge >= 0.3 is 0 Å². The van der Waals surface area contributed by atoms with Crippen molar-refractivity contribution in [3.63, 3.8) is 0 Å². The maximum atomic E-state index is 5.92. The van der Waals surface area contributed by atoms with Gasteiger partial charge in [-0.3, -0.25) is 0 Å². The third-order valence-electron chi connectivity index (χ3n) is 2.99. The lowest BCUT2D eigenvalue weighted by atomic mass is 10.1. The van der Waals surface area contributed by atoms with Crippen molar-refractivity contribution in [1.82, 2.24) is 0 Å². The van der Waals surface area contributed by atoms with Gasteiger partial charge < -0.3 is 10.2 Å². The summed E-state index contributed by atoms with van der Waals surface area (Å²) in [7, 11) is 0. The zero-order valence-electron chi connectivity index (χ0n) is 9.91. The zero-order valence-corrected chi connectivity index (χ0v) is 10.7. The number of hydrogen-bond donors (Lipinski definition) is 1. The van der Waals surface area contributed by atoms with E-state index in [4.69, 9.17) is 21.8 Å². The highest BCUT2D eigenvalue weighted by molar-refractivity contribution is 6.31. The van der Waals surface area contributed by atoms with Gasteiger partial charge in [-0.1, -0.05) is 41.9 Å². The van der Waals surface area contributed by atoms with Crippen molar-refractivity contribution in [1.29, 1.82) is 0 Å². The summed E-state index contributed by atoms with van der Waals surface area (Å²) in [5.41, 5.74) is 7.59. The van der Waals surface area contributed by atoms with Gasteiger partial charge in [-0.15, -0.1) is 0 Å². The Balaban J connectivity index is 2.45. The summed E-state index contributed by atoms with van der Waals surface area (Å²) in [5.74, 6) is 0.404. The SMILES string of the molecule is C/C(Cl)=C\c1c(N)oc2c1ccc1ccccc12. The molecule has 3 aromatic rings. The van der Waals surface area contributed by atoms with Crippen LogP contribution in [0.3, 0.4) is 0 Å². The fraction of sp³-hybridized carbons (Fsp3) is 0.0667. The van der Waals surface area contributed by atoms with Crippen LogP contribution in [0.2, 0.25) is 0 Å². The largest absolute Gasteiger partial charge is 0.440 e. The third-order valence-corrected chi connectivity index (χ3v) is 3.10. The molecule has 0 saturated carbocycles. The van der Waals surface area contributed by atoms with Gasteiger partial charge in [0.15, 0.2) is 5.88 Å². The summed E-state index contributed by atoms with van der Waals surface area (Å²) >= 11 is 5.92. The normalized spacial score (nSPS) is 12.4. The maximum Gasteiger partial charge on any atom is 0.199 e. The molecule has 18 heavy (non-hydrogen) atoms. The van der Waals surface area contributed by atoms with Crippen LogP contribution in [0, 0.1) is 0 Å². The van der Waals surface area contributed by atoms with E-state index in [1.165, 1.54) is 0 Å². The van der Waals surface area contributed by atoms with E-state index in [-0.39, 0.29) is 0 Å². The van der Waals surface area contributed by atoms with Gasteiger partial charge in [-0.2, -0.15) is 0 Å². The van der Waals surface area contributed by atoms with Gasteiger partial charge in [0.05, 0.1) is 0 Å². The van der Waals surface area contributed by atoms with Gasteiger partial charge in [0, 0.05) is 21.4 Å². The fourth-order valence-corrected chi connectivity index (χ4v) is 2.32. The molecule has 3 rings (SSSR count). The zero-order chi connectivity index (χ0) is 12.7. The maximum absolute atomic E-state index is 5.92. The van der Waals surface area contributed by atoms with Crippen LogP contribution in [0.4, 0.5) is 5.88 Å². The summed E-state index contributed by atoms with van der Waals surface area (Å²) in [6, 6.07) is 12.2. The molecule has 0 spiro atoms. The second-order valence-electron chi connectivity index (χ2n) is 4.27. The lowest BCUT2D eigenvalue weighted by Crippen LogP contribution is -1.83. The van der Waals surface area contributed by atoms with E-state index in [0.717, 1.165) is 27.3 Å². The molecule has 90 valence electrons. The number of anilines is 1. The minimum Gasteiger partial charge on any atom is -0.440 e. The van der Waals surface area contributed by atoms with E-state index in [2.05, 4.69) is 12.1 Å². The molecule has 1 aromatic heterocycles. The number of benzene rings is 2. The lowest BCUT2D eigenvalue weighted by molar-refractivity contribution is 0.640. The van der Waals surface area contributed by atoms with E-state index in [1.54, 1.807) is 0 Å². The Hall–Kier alpha value is -1.93. The summed E-state index contributed by atoms with van der Waals surface area (Å²) in [6.45, 7) is 1.82. The Bertz CT molecular complexity index is 767. The standard InChI is InChI=1S/C15H12ClNO/c1-9(16)8-13-12-7-6-10-4-2-3-5-11(10)14(12)18-15(13)17/h2-8H,17H2,1H3/b9-8+. The molecular weight excluding hydrogens is 246 g/mol. The van der Waals surface area contributed by atoms with Crippen LogP contribution in [0.5, 0.6) is 0 Å². The first-order valence-corrected chi connectivity index (χ1v) is 6.08. The Kier molecular flexibility index (Phi) is 2.53. The molecule has 0 saturated heterocycles. The first-order chi connectivity index (χ1) is 8.66. The third kappa shape index (κ3) is 1.66. The molecule has 0 amide bonds. The molecule has 0 aliphatic carbocycles. The average Bonchev–Trinajstić information content (AvgIpc) is 2.66. The van der Waals surface area contributed by atoms with Crippen molar-refractivity contribution in [3.05, 3.63) is 47.0 Å². The number of allylic oxidation sites excluding steroid dienone is 1. The molecule has 0 unspecified atom stereocenters. The Labute approximate surface area is 110 Å². The van der Waals surface area contributed by atoms with Crippen LogP contribution in [0.1, 0.15) is 12.5 Å². The molecule has 2 aromatic carbocycles. The Morgan fingerprint density at radius 1 is 1.17 bits per heavy atom. The van der Waals surface area contributed by atoms with Crippen LogP contribution >= 0.6 is 11.6 Å². The molecular formula is C15H12ClNO. The fourth-order valence-electron chi connectivity index (χ4n) is 2.21. The van der Waals surface area contributed by atoms with Crippen molar-refractivity contribution < 1.29 is 4.42 Å². The van der Waals surface area contributed by atoms with E-state index >= 15 is 0 Å². The predicted octanol–water partition coefficient (Wildman–Crippen LogP) is 4.77. The summed E-state index contributed by atoms with van der Waals surface area (Å²) in [6.07, 6.45) is 1.83. The van der Waals surface area contributed by atoms with Gasteiger partial charge in [-0.25, -0.2) is 0 Å². The molecule has 0 fully saturated rings. The number of halogens is 1. The average molecular weight is 258 g/mol. The first kappa shape index (κ1) is 11.2. The predicted molar refractivity (Wildman–Crippen MR) is 77.6 cm³/mol. The topological polar surface area (TPSA) is 39.2 Å². The number of hydrogen-bond acceptors (Lipinski definition) is 2. The number of rotatable bonds is 1. The minimum absolute atomic E-state index is 0.404. The van der Waals surface area contributed by atoms with Crippen molar-refractivity contribution in [2.24, 2.45) is 0 Å². The minimum atomic E-state index is 0.404. The number of furan rings is 1. The molecule has 1 heterocycles. The number of nitrogen functional groups attached to an aromatic ring is 1. The molecule has 0 aliphatic rings. The molecule has 0 atom stereocenters. The smallest absolute Gasteiger partial charge is 0.199 e. The number of nitrogens with two attached hydrogens (primary N) is 1. The molecule has 3 heteroatoms. The quantitative estimate of drug-likeness (QED) is 0.682. The molecule has 0 aliphatic heterocycles. The highest BCUT2D eigenvalue weighted by atomic mass is 35.5. The summed E-state index contributed by atoms with van der Waals surface area (Å²) in [5, 5.41) is 3.87. The monoisotopic (exact) mass is 257 g/mol. The Morgan fingerprint density at radius 3 is 2.72 bits per heavy atom. The first-order valence-electron chi connectivity index (χ1n) is 5.70. The van der Waals surface area contributed by atoms with E-state index < -0.39 is 0 Å². The van der Waals surface area contributed by atoms with Crippen LogP contribution < -0.4 is 5.73 Å². The highest BCUT2D eigenvalue weighted by Gasteiger charge is 2.12. The second kappa shape index (κ2) is 4.07. The second-order valence-corrected chi connectivity index (χ2v) is 4.87. The van der Waals surface area contributed by atoms with Gasteiger partial charge in [-0.05, 0) is 24.5 Å². The van der Waals surface area contributed by atoms with Gasteiger partial charge in [0.25, 0.3) is 0 Å². The molecule has 2 nitrogen and oxygen atoms in total. The van der Waals surface area contributed by atoms with Crippen LogP contribution in [0.15, 0.2) is 45.8 Å². The molecule has 2 N–H and O–H groups in total. The van der Waals surface area contributed by atoms with Crippen LogP contribution in [-0.2, 0) is 0 Å².